The van der Waals surface area contributed by atoms with Crippen LogP contribution in [0.25, 0.3) is 0 Å². The Morgan fingerprint density at radius 1 is 0.929 bits per heavy atom. The third kappa shape index (κ3) is 4.00. The first-order chi connectivity index (χ1) is 6.88. The lowest BCUT2D eigenvalue weighted by Gasteiger charge is -2.34. The predicted octanol–water partition coefficient (Wildman–Crippen LogP) is 3.83. The highest BCUT2D eigenvalue weighted by molar-refractivity contribution is 4.75. The van der Waals surface area contributed by atoms with E-state index in [4.69, 9.17) is 0 Å². The first kappa shape index (κ1) is 12.0. The number of unbranched alkanes of at least 4 members (excludes halogenated alkanes) is 1. The van der Waals surface area contributed by atoms with Crippen molar-refractivity contribution in [2.75, 3.05) is 13.1 Å². The normalized spacial score (nSPS) is 19.1. The lowest BCUT2D eigenvalue weighted by molar-refractivity contribution is 0.154. The van der Waals surface area contributed by atoms with Crippen LogP contribution in [0.2, 0.25) is 0 Å². The van der Waals surface area contributed by atoms with E-state index in [0.717, 1.165) is 6.04 Å². The maximum absolute atomic E-state index is 2.75. The van der Waals surface area contributed by atoms with Crippen molar-refractivity contribution >= 4 is 0 Å². The predicted molar refractivity (Wildman–Crippen MR) is 63.6 cm³/mol. The molecule has 0 aromatic carbocycles. The molecule has 0 N–H and O–H groups in total. The second kappa shape index (κ2) is 7.28. The number of hydrogen-bond donors (Lipinski definition) is 0. The van der Waals surface area contributed by atoms with Gasteiger partial charge in [-0.15, -0.1) is 0 Å². The first-order valence-corrected chi connectivity index (χ1v) is 6.62. The standard InChI is InChI=1S/C13H27N/c1-3-5-12-14(11-4-2)13-9-7-6-8-10-13/h13H,3-12H2,1-2H3. The zero-order chi connectivity index (χ0) is 10.2. The van der Waals surface area contributed by atoms with Gasteiger partial charge in [-0.05, 0) is 38.8 Å². The van der Waals surface area contributed by atoms with E-state index in [9.17, 15) is 0 Å². The number of rotatable bonds is 6. The quantitative estimate of drug-likeness (QED) is 0.625. The Morgan fingerprint density at radius 2 is 1.64 bits per heavy atom. The van der Waals surface area contributed by atoms with Crippen molar-refractivity contribution in [3.05, 3.63) is 0 Å². The monoisotopic (exact) mass is 197 g/mol. The fourth-order valence-corrected chi connectivity index (χ4v) is 2.57. The van der Waals surface area contributed by atoms with Gasteiger partial charge < -0.3 is 4.90 Å². The van der Waals surface area contributed by atoms with Crippen LogP contribution in [0.3, 0.4) is 0 Å². The maximum Gasteiger partial charge on any atom is 0.00952 e. The third-order valence-corrected chi connectivity index (χ3v) is 3.40. The van der Waals surface area contributed by atoms with Gasteiger partial charge in [0.05, 0.1) is 0 Å². The largest absolute Gasteiger partial charge is 0.300 e. The van der Waals surface area contributed by atoms with Gasteiger partial charge in [0, 0.05) is 6.04 Å². The smallest absolute Gasteiger partial charge is 0.00952 e. The van der Waals surface area contributed by atoms with Gasteiger partial charge in [-0.2, -0.15) is 0 Å². The van der Waals surface area contributed by atoms with Crippen LogP contribution in [0.15, 0.2) is 0 Å². The summed E-state index contributed by atoms with van der Waals surface area (Å²) in [5, 5.41) is 0. The molecule has 1 rings (SSSR count). The summed E-state index contributed by atoms with van der Waals surface area (Å²) >= 11 is 0. The van der Waals surface area contributed by atoms with Gasteiger partial charge in [-0.3, -0.25) is 0 Å². The van der Waals surface area contributed by atoms with E-state index in [0.29, 0.717) is 0 Å². The van der Waals surface area contributed by atoms with Crippen molar-refractivity contribution in [1.82, 2.24) is 4.90 Å². The van der Waals surface area contributed by atoms with E-state index in [1.54, 1.807) is 0 Å². The molecule has 0 atom stereocenters. The molecule has 0 saturated heterocycles. The SMILES string of the molecule is CCCCN(CCC)C1CCCCC1. The lowest BCUT2D eigenvalue weighted by Crippen LogP contribution is -2.38. The molecule has 1 fully saturated rings. The molecule has 14 heavy (non-hydrogen) atoms. The highest BCUT2D eigenvalue weighted by Crippen LogP contribution is 2.22. The van der Waals surface area contributed by atoms with Gasteiger partial charge in [0.2, 0.25) is 0 Å². The van der Waals surface area contributed by atoms with Gasteiger partial charge >= 0.3 is 0 Å². The van der Waals surface area contributed by atoms with Crippen LogP contribution in [-0.4, -0.2) is 24.0 Å². The molecule has 0 radical (unpaired) electrons. The molecule has 0 spiro atoms. The minimum atomic E-state index is 0.926. The molecule has 0 unspecified atom stereocenters. The van der Waals surface area contributed by atoms with Crippen LogP contribution in [0.1, 0.15) is 65.2 Å². The van der Waals surface area contributed by atoms with E-state index in [-0.39, 0.29) is 0 Å². The zero-order valence-corrected chi connectivity index (χ0v) is 10.1. The summed E-state index contributed by atoms with van der Waals surface area (Å²) in [5.74, 6) is 0. The second-order valence-corrected chi connectivity index (χ2v) is 4.68. The molecule has 1 saturated carbocycles. The van der Waals surface area contributed by atoms with Crippen molar-refractivity contribution in [3.8, 4) is 0 Å². The van der Waals surface area contributed by atoms with Crippen molar-refractivity contribution in [3.63, 3.8) is 0 Å². The molecule has 0 aliphatic heterocycles. The Bertz CT molecular complexity index is 127. The molecule has 0 aromatic rings. The van der Waals surface area contributed by atoms with Crippen LogP contribution in [-0.2, 0) is 0 Å². The Morgan fingerprint density at radius 3 is 2.21 bits per heavy atom. The summed E-state index contributed by atoms with van der Waals surface area (Å²) in [6.45, 7) is 7.27. The third-order valence-electron chi connectivity index (χ3n) is 3.40. The molecule has 0 bridgehead atoms. The van der Waals surface area contributed by atoms with Gasteiger partial charge in [0.25, 0.3) is 0 Å². The topological polar surface area (TPSA) is 3.24 Å². The molecule has 84 valence electrons. The van der Waals surface area contributed by atoms with Crippen LogP contribution in [0.4, 0.5) is 0 Å². The zero-order valence-electron chi connectivity index (χ0n) is 10.1. The van der Waals surface area contributed by atoms with Gasteiger partial charge in [0.15, 0.2) is 0 Å². The highest BCUT2D eigenvalue weighted by atomic mass is 15.1. The summed E-state index contributed by atoms with van der Waals surface area (Å²) in [6.07, 6.45) is 11.4. The number of nitrogens with zero attached hydrogens (tertiary/aromatic N) is 1. The molecular formula is C13H27N. The molecule has 1 heteroatoms. The Balaban J connectivity index is 2.30. The molecule has 1 aliphatic carbocycles. The fraction of sp³-hybridized carbons (Fsp3) is 1.00. The minimum absolute atomic E-state index is 0.926. The minimum Gasteiger partial charge on any atom is -0.300 e. The van der Waals surface area contributed by atoms with E-state index in [1.165, 1.54) is 64.5 Å². The van der Waals surface area contributed by atoms with Crippen LogP contribution in [0, 0.1) is 0 Å². The first-order valence-electron chi connectivity index (χ1n) is 6.62. The van der Waals surface area contributed by atoms with E-state index >= 15 is 0 Å². The molecule has 1 nitrogen and oxygen atoms in total. The van der Waals surface area contributed by atoms with Crippen LogP contribution < -0.4 is 0 Å². The molecule has 0 heterocycles. The van der Waals surface area contributed by atoms with Crippen molar-refractivity contribution < 1.29 is 0 Å². The lowest BCUT2D eigenvalue weighted by atomic mass is 9.94. The summed E-state index contributed by atoms with van der Waals surface area (Å²) in [7, 11) is 0. The Labute approximate surface area is 89.9 Å². The average molecular weight is 197 g/mol. The highest BCUT2D eigenvalue weighted by Gasteiger charge is 2.19. The van der Waals surface area contributed by atoms with E-state index in [1.807, 2.05) is 0 Å². The van der Waals surface area contributed by atoms with E-state index < -0.39 is 0 Å². The van der Waals surface area contributed by atoms with Crippen molar-refractivity contribution in [2.45, 2.75) is 71.3 Å². The van der Waals surface area contributed by atoms with E-state index in [2.05, 4.69) is 18.7 Å². The summed E-state index contributed by atoms with van der Waals surface area (Å²) < 4.78 is 0. The average Bonchev–Trinajstić information content (AvgIpc) is 2.25. The van der Waals surface area contributed by atoms with Crippen LogP contribution >= 0.6 is 0 Å². The van der Waals surface area contributed by atoms with Gasteiger partial charge in [-0.1, -0.05) is 39.5 Å². The molecule has 1 aliphatic rings. The maximum atomic E-state index is 2.75. The summed E-state index contributed by atoms with van der Waals surface area (Å²) in [4.78, 5) is 2.75. The van der Waals surface area contributed by atoms with Crippen molar-refractivity contribution in [2.24, 2.45) is 0 Å². The van der Waals surface area contributed by atoms with Crippen molar-refractivity contribution in [1.29, 1.82) is 0 Å². The molecule has 0 amide bonds. The summed E-state index contributed by atoms with van der Waals surface area (Å²) in [5.41, 5.74) is 0. The molecule has 0 aromatic heterocycles. The number of hydrogen-bond acceptors (Lipinski definition) is 1. The van der Waals surface area contributed by atoms with Gasteiger partial charge in [-0.25, -0.2) is 0 Å². The molecular weight excluding hydrogens is 170 g/mol. The summed E-state index contributed by atoms with van der Waals surface area (Å²) in [6, 6.07) is 0.926. The Kier molecular flexibility index (Phi) is 6.25. The fourth-order valence-electron chi connectivity index (χ4n) is 2.57. The Hall–Kier alpha value is -0.0400. The van der Waals surface area contributed by atoms with Crippen LogP contribution in [0.5, 0.6) is 0 Å². The van der Waals surface area contributed by atoms with Gasteiger partial charge in [0.1, 0.15) is 0 Å². The second-order valence-electron chi connectivity index (χ2n) is 4.68.